The molecule has 0 radical (unpaired) electrons. The number of carbonyl (C=O) groups excluding carboxylic acids is 1. The first-order chi connectivity index (χ1) is 7.11. The molecule has 0 saturated carbocycles. The lowest BCUT2D eigenvalue weighted by atomic mass is 10.1. The molecule has 0 fully saturated rings. The molecule has 0 bridgehead atoms. The SMILES string of the molecule is C#CCOC(=O)NC(CCCC)C(=O)O. The van der Waals surface area contributed by atoms with Crippen molar-refractivity contribution in [3.63, 3.8) is 0 Å². The highest BCUT2D eigenvalue weighted by atomic mass is 16.5. The van der Waals surface area contributed by atoms with E-state index in [1.54, 1.807) is 0 Å². The van der Waals surface area contributed by atoms with Crippen LogP contribution in [0.2, 0.25) is 0 Å². The highest BCUT2D eigenvalue weighted by molar-refractivity contribution is 5.79. The first kappa shape index (κ1) is 13.3. The first-order valence-corrected chi connectivity index (χ1v) is 4.71. The Kier molecular flexibility index (Phi) is 6.81. The van der Waals surface area contributed by atoms with Crippen molar-refractivity contribution in [2.45, 2.75) is 32.2 Å². The predicted molar refractivity (Wildman–Crippen MR) is 54.3 cm³/mol. The molecule has 0 aromatic rings. The van der Waals surface area contributed by atoms with Gasteiger partial charge in [0, 0.05) is 0 Å². The van der Waals surface area contributed by atoms with Crippen molar-refractivity contribution in [3.05, 3.63) is 0 Å². The summed E-state index contributed by atoms with van der Waals surface area (Å²) >= 11 is 0. The lowest BCUT2D eigenvalue weighted by molar-refractivity contribution is -0.139. The number of alkyl carbamates (subject to hydrolysis) is 1. The summed E-state index contributed by atoms with van der Waals surface area (Å²) in [7, 11) is 0. The molecule has 1 unspecified atom stereocenters. The summed E-state index contributed by atoms with van der Waals surface area (Å²) in [5.74, 6) is 1.05. The van der Waals surface area contributed by atoms with Crippen LogP contribution in [0.1, 0.15) is 26.2 Å². The molecule has 0 rings (SSSR count). The number of nitrogens with one attached hydrogen (secondary N) is 1. The molecule has 1 amide bonds. The summed E-state index contributed by atoms with van der Waals surface area (Å²) in [5.41, 5.74) is 0. The average Bonchev–Trinajstić information content (AvgIpc) is 2.20. The minimum atomic E-state index is -1.07. The standard InChI is InChI=1S/C10H15NO4/c1-3-5-6-8(9(12)13)11-10(14)15-7-4-2/h2,8H,3,5-7H2,1H3,(H,11,14)(H,12,13). The normalized spacial score (nSPS) is 11.2. The molecule has 15 heavy (non-hydrogen) atoms. The molecule has 0 heterocycles. The number of carboxylic acids is 1. The zero-order valence-electron chi connectivity index (χ0n) is 8.66. The fourth-order valence-corrected chi connectivity index (χ4v) is 0.957. The average molecular weight is 213 g/mol. The second kappa shape index (κ2) is 7.68. The number of ether oxygens (including phenoxy) is 1. The molecular formula is C10H15NO4. The van der Waals surface area contributed by atoms with Crippen molar-refractivity contribution < 1.29 is 19.4 Å². The Bertz CT molecular complexity index is 257. The summed E-state index contributed by atoms with van der Waals surface area (Å²) in [4.78, 5) is 21.7. The number of unbranched alkanes of at least 4 members (excludes halogenated alkanes) is 1. The van der Waals surface area contributed by atoms with Crippen molar-refractivity contribution >= 4 is 12.1 Å². The van der Waals surface area contributed by atoms with Crippen LogP contribution in [0.5, 0.6) is 0 Å². The third-order valence-electron chi connectivity index (χ3n) is 1.72. The molecule has 0 aromatic carbocycles. The van der Waals surface area contributed by atoms with E-state index >= 15 is 0 Å². The van der Waals surface area contributed by atoms with Crippen molar-refractivity contribution in [1.29, 1.82) is 0 Å². The van der Waals surface area contributed by atoms with Crippen LogP contribution in [0.25, 0.3) is 0 Å². The molecule has 0 saturated heterocycles. The highest BCUT2D eigenvalue weighted by Gasteiger charge is 2.19. The van der Waals surface area contributed by atoms with Gasteiger partial charge in [-0.2, -0.15) is 0 Å². The minimum absolute atomic E-state index is 0.161. The van der Waals surface area contributed by atoms with E-state index in [4.69, 9.17) is 11.5 Å². The largest absolute Gasteiger partial charge is 0.480 e. The number of carbonyl (C=O) groups is 2. The van der Waals surface area contributed by atoms with Gasteiger partial charge in [-0.15, -0.1) is 6.42 Å². The van der Waals surface area contributed by atoms with Crippen LogP contribution in [0.15, 0.2) is 0 Å². The number of aliphatic carboxylic acids is 1. The third-order valence-corrected chi connectivity index (χ3v) is 1.72. The fourth-order valence-electron chi connectivity index (χ4n) is 0.957. The Labute approximate surface area is 88.8 Å². The molecule has 0 aliphatic heterocycles. The number of amides is 1. The second-order valence-corrected chi connectivity index (χ2v) is 2.96. The van der Waals surface area contributed by atoms with Crippen LogP contribution >= 0.6 is 0 Å². The topological polar surface area (TPSA) is 75.6 Å². The predicted octanol–water partition coefficient (Wildman–Crippen LogP) is 0.989. The van der Waals surface area contributed by atoms with Gasteiger partial charge in [-0.1, -0.05) is 25.7 Å². The van der Waals surface area contributed by atoms with Gasteiger partial charge in [0.2, 0.25) is 0 Å². The van der Waals surface area contributed by atoms with Gasteiger partial charge in [-0.05, 0) is 6.42 Å². The van der Waals surface area contributed by atoms with Gasteiger partial charge in [0.1, 0.15) is 6.04 Å². The Morgan fingerprint density at radius 2 is 2.27 bits per heavy atom. The molecule has 0 aliphatic rings. The first-order valence-electron chi connectivity index (χ1n) is 4.71. The summed E-state index contributed by atoms with van der Waals surface area (Å²) in [5, 5.41) is 11.0. The summed E-state index contributed by atoms with van der Waals surface area (Å²) < 4.78 is 4.50. The van der Waals surface area contributed by atoms with Crippen LogP contribution in [0.3, 0.4) is 0 Å². The number of rotatable bonds is 6. The monoisotopic (exact) mass is 213 g/mol. The van der Waals surface area contributed by atoms with Gasteiger partial charge in [-0.25, -0.2) is 9.59 Å². The molecule has 0 aromatic heterocycles. The summed E-state index contributed by atoms with van der Waals surface area (Å²) in [6.07, 6.45) is 6.06. The minimum Gasteiger partial charge on any atom is -0.480 e. The Morgan fingerprint density at radius 3 is 2.73 bits per heavy atom. The quantitative estimate of drug-likeness (QED) is 0.645. The van der Waals surface area contributed by atoms with Crippen molar-refractivity contribution in [2.24, 2.45) is 0 Å². The van der Waals surface area contributed by atoms with Crippen molar-refractivity contribution in [1.82, 2.24) is 5.32 Å². The van der Waals surface area contributed by atoms with Crippen LogP contribution in [-0.2, 0) is 9.53 Å². The van der Waals surface area contributed by atoms with Crippen LogP contribution in [-0.4, -0.2) is 29.8 Å². The lowest BCUT2D eigenvalue weighted by Crippen LogP contribution is -2.41. The smallest absolute Gasteiger partial charge is 0.408 e. The molecule has 2 N–H and O–H groups in total. The van der Waals surface area contributed by atoms with E-state index in [-0.39, 0.29) is 6.61 Å². The number of hydrogen-bond acceptors (Lipinski definition) is 3. The van der Waals surface area contributed by atoms with E-state index < -0.39 is 18.1 Å². The van der Waals surface area contributed by atoms with Gasteiger partial charge in [-0.3, -0.25) is 0 Å². The van der Waals surface area contributed by atoms with E-state index in [0.717, 1.165) is 12.8 Å². The van der Waals surface area contributed by atoms with E-state index in [1.807, 2.05) is 6.92 Å². The van der Waals surface area contributed by atoms with Crippen molar-refractivity contribution in [3.8, 4) is 12.3 Å². The summed E-state index contributed by atoms with van der Waals surface area (Å²) in [6, 6.07) is -0.907. The van der Waals surface area contributed by atoms with Crippen LogP contribution in [0, 0.1) is 12.3 Å². The number of hydrogen-bond donors (Lipinski definition) is 2. The van der Waals surface area contributed by atoms with E-state index in [9.17, 15) is 9.59 Å². The molecule has 0 spiro atoms. The van der Waals surface area contributed by atoms with Crippen molar-refractivity contribution in [2.75, 3.05) is 6.61 Å². The zero-order chi connectivity index (χ0) is 11.7. The highest BCUT2D eigenvalue weighted by Crippen LogP contribution is 2.01. The Hall–Kier alpha value is -1.70. The maximum atomic E-state index is 11.0. The Morgan fingerprint density at radius 1 is 1.60 bits per heavy atom. The van der Waals surface area contributed by atoms with E-state index in [0.29, 0.717) is 6.42 Å². The molecule has 5 nitrogen and oxygen atoms in total. The lowest BCUT2D eigenvalue weighted by Gasteiger charge is -2.13. The Balaban J connectivity index is 3.99. The maximum Gasteiger partial charge on any atom is 0.408 e. The van der Waals surface area contributed by atoms with Crippen LogP contribution in [0.4, 0.5) is 4.79 Å². The summed E-state index contributed by atoms with van der Waals surface area (Å²) in [6.45, 7) is 1.78. The molecule has 5 heteroatoms. The maximum absolute atomic E-state index is 11.0. The number of terminal acetylenes is 1. The van der Waals surface area contributed by atoms with E-state index in [2.05, 4.69) is 16.0 Å². The molecule has 0 aliphatic carbocycles. The molecule has 1 atom stereocenters. The fraction of sp³-hybridized carbons (Fsp3) is 0.600. The van der Waals surface area contributed by atoms with Gasteiger partial charge < -0.3 is 15.2 Å². The van der Waals surface area contributed by atoms with Gasteiger partial charge in [0.25, 0.3) is 0 Å². The van der Waals surface area contributed by atoms with Gasteiger partial charge >= 0.3 is 12.1 Å². The van der Waals surface area contributed by atoms with E-state index in [1.165, 1.54) is 0 Å². The third kappa shape index (κ3) is 6.38. The number of carboxylic acid groups (broad SMARTS) is 1. The molecular weight excluding hydrogens is 198 g/mol. The van der Waals surface area contributed by atoms with Gasteiger partial charge in [0.05, 0.1) is 0 Å². The van der Waals surface area contributed by atoms with Gasteiger partial charge in [0.15, 0.2) is 6.61 Å². The van der Waals surface area contributed by atoms with Crippen LogP contribution < -0.4 is 5.32 Å². The second-order valence-electron chi connectivity index (χ2n) is 2.96. The zero-order valence-corrected chi connectivity index (χ0v) is 8.66. The molecule has 84 valence electrons.